The van der Waals surface area contributed by atoms with Gasteiger partial charge in [-0.2, -0.15) is 0 Å². The van der Waals surface area contributed by atoms with Crippen molar-refractivity contribution in [3.63, 3.8) is 0 Å². The highest BCUT2D eigenvalue weighted by molar-refractivity contribution is 5.82. The molecule has 0 amide bonds. The van der Waals surface area contributed by atoms with Gasteiger partial charge in [0.05, 0.1) is 18.6 Å². The lowest BCUT2D eigenvalue weighted by Crippen LogP contribution is -2.54. The predicted molar refractivity (Wildman–Crippen MR) is 129 cm³/mol. The SMILES string of the molecule is CCCCCCCCCCCCCCCC/C=C/CC1=NC=C[N+]1(CCN)CC(=O)[O-]. The van der Waals surface area contributed by atoms with Crippen LogP contribution < -0.4 is 10.8 Å². The van der Waals surface area contributed by atoms with Crippen LogP contribution in [0, 0.1) is 0 Å². The summed E-state index contributed by atoms with van der Waals surface area (Å²) in [5.74, 6) is -0.231. The number of nitrogens with zero attached hydrogens (tertiary/aromatic N) is 2. The monoisotopic (exact) mass is 433 g/mol. The van der Waals surface area contributed by atoms with Gasteiger partial charge in [0.25, 0.3) is 0 Å². The number of carboxylic acid groups (broad SMARTS) is 1. The molecule has 0 saturated carbocycles. The minimum Gasteiger partial charge on any atom is -0.544 e. The summed E-state index contributed by atoms with van der Waals surface area (Å²) in [5, 5.41) is 11.1. The highest BCUT2D eigenvalue weighted by Gasteiger charge is 2.34. The molecular formula is C26H47N3O2. The highest BCUT2D eigenvalue weighted by atomic mass is 16.4. The molecule has 1 rings (SSSR count). The second-order valence-corrected chi connectivity index (χ2v) is 8.98. The van der Waals surface area contributed by atoms with Gasteiger partial charge in [-0.05, 0) is 12.8 Å². The summed E-state index contributed by atoms with van der Waals surface area (Å²) in [7, 11) is 0. The number of hydrogen-bond donors (Lipinski definition) is 1. The number of nitrogens with two attached hydrogens (primary N) is 1. The van der Waals surface area contributed by atoms with Crippen molar-refractivity contribution in [2.24, 2.45) is 10.7 Å². The van der Waals surface area contributed by atoms with Gasteiger partial charge in [0.2, 0.25) is 5.84 Å². The van der Waals surface area contributed by atoms with E-state index < -0.39 is 5.97 Å². The minimum atomic E-state index is -1.07. The summed E-state index contributed by atoms with van der Waals surface area (Å²) in [5.41, 5.74) is 5.69. The Morgan fingerprint density at radius 2 is 1.48 bits per heavy atom. The van der Waals surface area contributed by atoms with Crippen molar-refractivity contribution in [1.82, 2.24) is 0 Å². The normalized spacial score (nSPS) is 18.2. The van der Waals surface area contributed by atoms with Crippen LogP contribution in [0.25, 0.3) is 0 Å². The first-order valence-electron chi connectivity index (χ1n) is 12.8. The maximum Gasteiger partial charge on any atom is 0.211 e. The number of quaternary nitrogens is 1. The summed E-state index contributed by atoms with van der Waals surface area (Å²) in [6, 6.07) is 0. The van der Waals surface area contributed by atoms with Crippen LogP contribution in [0.5, 0.6) is 0 Å². The fraction of sp³-hybridized carbons (Fsp3) is 0.769. The molecule has 0 spiro atoms. The topological polar surface area (TPSA) is 78.5 Å². The number of allylic oxidation sites excluding steroid dienone is 1. The molecule has 5 heteroatoms. The van der Waals surface area contributed by atoms with E-state index in [4.69, 9.17) is 5.73 Å². The fourth-order valence-corrected chi connectivity index (χ4v) is 4.33. The Balaban J connectivity index is 1.99. The van der Waals surface area contributed by atoms with Crippen LogP contribution in [0.2, 0.25) is 0 Å². The van der Waals surface area contributed by atoms with E-state index in [1.54, 1.807) is 6.20 Å². The first kappa shape index (κ1) is 27.6. The standard InChI is InChI=1S/C26H47N3O2/c1-2-3-4-5-6-7-8-9-10-11-12-13-14-15-16-17-18-19-25-28-21-23-29(25,22-20-27)24-26(30)31/h17-18,21,23H,2-16,19-20,22,24,27H2,1H3/b18-17+. The smallest absolute Gasteiger partial charge is 0.211 e. The lowest BCUT2D eigenvalue weighted by molar-refractivity contribution is -0.780. The lowest BCUT2D eigenvalue weighted by Gasteiger charge is -2.32. The summed E-state index contributed by atoms with van der Waals surface area (Å²) in [6.07, 6.45) is 28.9. The van der Waals surface area contributed by atoms with E-state index in [2.05, 4.69) is 24.1 Å². The molecule has 1 atom stereocenters. The molecule has 0 aromatic rings. The van der Waals surface area contributed by atoms with Gasteiger partial charge in [0, 0.05) is 6.54 Å². The van der Waals surface area contributed by atoms with Crippen molar-refractivity contribution >= 4 is 11.8 Å². The molecule has 31 heavy (non-hydrogen) atoms. The van der Waals surface area contributed by atoms with Crippen molar-refractivity contribution in [3.05, 3.63) is 24.6 Å². The van der Waals surface area contributed by atoms with Gasteiger partial charge in [-0.15, -0.1) is 0 Å². The van der Waals surface area contributed by atoms with Gasteiger partial charge in [0.1, 0.15) is 19.3 Å². The molecule has 1 unspecified atom stereocenters. The number of carbonyl (C=O) groups excluding carboxylic acids is 1. The van der Waals surface area contributed by atoms with Crippen LogP contribution in [-0.4, -0.2) is 35.9 Å². The molecule has 0 bridgehead atoms. The number of amidine groups is 1. The second-order valence-electron chi connectivity index (χ2n) is 8.98. The molecule has 0 fully saturated rings. The van der Waals surface area contributed by atoms with Crippen molar-refractivity contribution in [2.75, 3.05) is 19.6 Å². The van der Waals surface area contributed by atoms with Crippen LogP contribution in [0.4, 0.5) is 0 Å². The first-order valence-corrected chi connectivity index (χ1v) is 12.8. The van der Waals surface area contributed by atoms with Crippen LogP contribution >= 0.6 is 0 Å². The molecular weight excluding hydrogens is 386 g/mol. The van der Waals surface area contributed by atoms with Crippen molar-refractivity contribution in [1.29, 1.82) is 0 Å². The number of rotatable bonds is 21. The quantitative estimate of drug-likeness (QED) is 0.153. The van der Waals surface area contributed by atoms with E-state index in [0.29, 0.717) is 19.5 Å². The number of hydrogen-bond acceptors (Lipinski definition) is 4. The average Bonchev–Trinajstić information content (AvgIpc) is 3.11. The number of carboxylic acids is 1. The number of unbranched alkanes of at least 4 members (excludes halogenated alkanes) is 14. The Kier molecular flexibility index (Phi) is 16.1. The van der Waals surface area contributed by atoms with E-state index in [0.717, 1.165) is 12.3 Å². The van der Waals surface area contributed by atoms with Gasteiger partial charge in [-0.25, -0.2) is 9.48 Å². The maximum atomic E-state index is 11.1. The number of aliphatic imine (C=N–C) groups is 1. The molecule has 0 aromatic carbocycles. The summed E-state index contributed by atoms with van der Waals surface area (Å²) in [4.78, 5) is 15.5. The molecule has 0 aliphatic carbocycles. The Morgan fingerprint density at radius 3 is 2.00 bits per heavy atom. The Labute approximate surface area is 191 Å². The van der Waals surface area contributed by atoms with Gasteiger partial charge >= 0.3 is 0 Å². The van der Waals surface area contributed by atoms with Crippen LogP contribution in [0.15, 0.2) is 29.5 Å². The average molecular weight is 434 g/mol. The highest BCUT2D eigenvalue weighted by Crippen LogP contribution is 2.19. The van der Waals surface area contributed by atoms with Crippen LogP contribution in [-0.2, 0) is 4.79 Å². The van der Waals surface area contributed by atoms with Gasteiger partial charge in [-0.3, -0.25) is 0 Å². The molecule has 178 valence electrons. The van der Waals surface area contributed by atoms with Gasteiger partial charge < -0.3 is 15.6 Å². The zero-order chi connectivity index (χ0) is 22.6. The zero-order valence-electron chi connectivity index (χ0n) is 20.0. The number of aliphatic carboxylic acids is 1. The van der Waals surface area contributed by atoms with Crippen molar-refractivity contribution in [2.45, 2.75) is 110 Å². The Morgan fingerprint density at radius 1 is 0.935 bits per heavy atom. The fourth-order valence-electron chi connectivity index (χ4n) is 4.33. The third-order valence-corrected chi connectivity index (χ3v) is 6.22. The summed E-state index contributed by atoms with van der Waals surface area (Å²) >= 11 is 0. The lowest BCUT2D eigenvalue weighted by atomic mass is 10.0. The van der Waals surface area contributed by atoms with Crippen molar-refractivity contribution in [3.8, 4) is 0 Å². The first-order chi connectivity index (χ1) is 15.1. The minimum absolute atomic E-state index is 0.0979. The molecule has 0 saturated heterocycles. The van der Waals surface area contributed by atoms with Crippen LogP contribution in [0.1, 0.15) is 110 Å². The molecule has 1 aliphatic heterocycles. The summed E-state index contributed by atoms with van der Waals surface area (Å²) in [6.45, 7) is 3.13. The van der Waals surface area contributed by atoms with Crippen LogP contribution in [0.3, 0.4) is 0 Å². The second kappa shape index (κ2) is 18.1. The van der Waals surface area contributed by atoms with Gasteiger partial charge in [0.15, 0.2) is 0 Å². The molecule has 0 radical (unpaired) electrons. The third kappa shape index (κ3) is 12.9. The maximum absolute atomic E-state index is 11.1. The van der Waals surface area contributed by atoms with Gasteiger partial charge in [-0.1, -0.05) is 103 Å². The predicted octanol–water partition coefficient (Wildman–Crippen LogP) is 5.21. The molecule has 1 heterocycles. The molecule has 0 aromatic heterocycles. The summed E-state index contributed by atoms with van der Waals surface area (Å²) < 4.78 is 0.196. The van der Waals surface area contributed by atoms with Crippen molar-refractivity contribution < 1.29 is 14.4 Å². The third-order valence-electron chi connectivity index (χ3n) is 6.22. The van der Waals surface area contributed by atoms with E-state index >= 15 is 0 Å². The van der Waals surface area contributed by atoms with E-state index in [9.17, 15) is 9.90 Å². The number of carbonyl (C=O) groups is 1. The molecule has 1 aliphatic rings. The molecule has 5 nitrogen and oxygen atoms in total. The molecule has 2 N–H and O–H groups in total. The largest absolute Gasteiger partial charge is 0.544 e. The zero-order valence-corrected chi connectivity index (χ0v) is 20.0. The Hall–Kier alpha value is -1.46. The van der Waals surface area contributed by atoms with E-state index in [1.807, 2.05) is 6.20 Å². The van der Waals surface area contributed by atoms with E-state index in [1.165, 1.54) is 89.9 Å². The Bertz CT molecular complexity index is 557. The van der Waals surface area contributed by atoms with E-state index in [-0.39, 0.29) is 11.0 Å².